The Morgan fingerprint density at radius 3 is 2.60 bits per heavy atom. The van der Waals surface area contributed by atoms with Gasteiger partial charge in [-0.25, -0.2) is 4.39 Å². The standard InChI is InChI=1S/C18H21FN4O2/c1-23-16(21-17(24)13-4-2-3-5-13)10-15(22-23)18(25)20-11-12-6-8-14(19)9-7-12/h6-10,13H,2-5,11H2,1H3,(H,20,25)(H,21,24). The number of anilines is 1. The summed E-state index contributed by atoms with van der Waals surface area (Å²) in [5.41, 5.74) is 1.02. The van der Waals surface area contributed by atoms with Crippen molar-refractivity contribution < 1.29 is 14.0 Å². The molecule has 132 valence electrons. The van der Waals surface area contributed by atoms with Crippen molar-refractivity contribution in [1.82, 2.24) is 15.1 Å². The van der Waals surface area contributed by atoms with Gasteiger partial charge in [-0.1, -0.05) is 25.0 Å². The molecular weight excluding hydrogens is 323 g/mol. The molecular formula is C18H21FN4O2. The van der Waals surface area contributed by atoms with Crippen LogP contribution in [0.15, 0.2) is 30.3 Å². The predicted molar refractivity (Wildman–Crippen MR) is 91.4 cm³/mol. The highest BCUT2D eigenvalue weighted by Crippen LogP contribution is 2.26. The van der Waals surface area contributed by atoms with Gasteiger partial charge < -0.3 is 10.6 Å². The van der Waals surface area contributed by atoms with E-state index in [0.29, 0.717) is 5.82 Å². The molecule has 25 heavy (non-hydrogen) atoms. The average Bonchev–Trinajstić information content (AvgIpc) is 3.25. The summed E-state index contributed by atoms with van der Waals surface area (Å²) < 4.78 is 14.4. The topological polar surface area (TPSA) is 76.0 Å². The number of hydrogen-bond acceptors (Lipinski definition) is 3. The molecule has 2 N–H and O–H groups in total. The van der Waals surface area contributed by atoms with Crippen molar-refractivity contribution in [2.75, 3.05) is 5.32 Å². The number of hydrogen-bond donors (Lipinski definition) is 2. The Bertz CT molecular complexity index is 764. The zero-order valence-electron chi connectivity index (χ0n) is 14.1. The van der Waals surface area contributed by atoms with Gasteiger partial charge in [-0.15, -0.1) is 0 Å². The van der Waals surface area contributed by atoms with E-state index in [-0.39, 0.29) is 35.8 Å². The van der Waals surface area contributed by atoms with Gasteiger partial charge in [-0.2, -0.15) is 5.10 Å². The largest absolute Gasteiger partial charge is 0.347 e. The minimum absolute atomic E-state index is 0.0150. The van der Waals surface area contributed by atoms with Crippen molar-refractivity contribution in [2.24, 2.45) is 13.0 Å². The number of rotatable bonds is 5. The van der Waals surface area contributed by atoms with Gasteiger partial charge in [0.25, 0.3) is 5.91 Å². The summed E-state index contributed by atoms with van der Waals surface area (Å²) in [4.78, 5) is 24.4. The van der Waals surface area contributed by atoms with Gasteiger partial charge in [0.1, 0.15) is 11.6 Å². The van der Waals surface area contributed by atoms with Crippen LogP contribution in [0.3, 0.4) is 0 Å². The first-order valence-electron chi connectivity index (χ1n) is 8.40. The number of amides is 2. The highest BCUT2D eigenvalue weighted by atomic mass is 19.1. The van der Waals surface area contributed by atoms with Crippen molar-refractivity contribution in [3.8, 4) is 0 Å². The summed E-state index contributed by atoms with van der Waals surface area (Å²) in [7, 11) is 1.68. The van der Waals surface area contributed by atoms with Crippen LogP contribution in [0.1, 0.15) is 41.7 Å². The number of benzene rings is 1. The van der Waals surface area contributed by atoms with E-state index in [1.54, 1.807) is 25.2 Å². The molecule has 3 rings (SSSR count). The van der Waals surface area contributed by atoms with E-state index in [2.05, 4.69) is 15.7 Å². The fraction of sp³-hybridized carbons (Fsp3) is 0.389. The minimum Gasteiger partial charge on any atom is -0.347 e. The number of carbonyl (C=O) groups excluding carboxylic acids is 2. The lowest BCUT2D eigenvalue weighted by Crippen LogP contribution is -2.23. The van der Waals surface area contributed by atoms with Gasteiger partial charge >= 0.3 is 0 Å². The Labute approximate surface area is 145 Å². The second kappa shape index (κ2) is 7.46. The molecule has 6 nitrogen and oxygen atoms in total. The van der Waals surface area contributed by atoms with Crippen LogP contribution in [0, 0.1) is 11.7 Å². The molecule has 2 amide bonds. The number of aryl methyl sites for hydroxylation is 1. The van der Waals surface area contributed by atoms with Crippen molar-refractivity contribution in [3.05, 3.63) is 47.4 Å². The second-order valence-electron chi connectivity index (χ2n) is 6.32. The second-order valence-corrected chi connectivity index (χ2v) is 6.32. The van der Waals surface area contributed by atoms with Crippen LogP contribution in [0.2, 0.25) is 0 Å². The maximum atomic E-state index is 12.9. The molecule has 2 aromatic rings. The summed E-state index contributed by atoms with van der Waals surface area (Å²) in [6.07, 6.45) is 3.99. The Kier molecular flexibility index (Phi) is 5.11. The van der Waals surface area contributed by atoms with Gasteiger partial charge in [0.2, 0.25) is 5.91 Å². The van der Waals surface area contributed by atoms with Gasteiger partial charge in [-0.05, 0) is 30.5 Å². The average molecular weight is 344 g/mol. The lowest BCUT2D eigenvalue weighted by molar-refractivity contribution is -0.119. The summed E-state index contributed by atoms with van der Waals surface area (Å²) >= 11 is 0. The van der Waals surface area contributed by atoms with Gasteiger partial charge in [0.05, 0.1) is 0 Å². The SMILES string of the molecule is Cn1nc(C(=O)NCc2ccc(F)cc2)cc1NC(=O)C1CCCC1. The first-order chi connectivity index (χ1) is 12.0. The number of nitrogens with one attached hydrogen (secondary N) is 2. The van der Waals surface area contributed by atoms with E-state index in [4.69, 9.17) is 0 Å². The van der Waals surface area contributed by atoms with E-state index < -0.39 is 0 Å². The highest BCUT2D eigenvalue weighted by molar-refractivity contribution is 5.96. The van der Waals surface area contributed by atoms with Gasteiger partial charge in [-0.3, -0.25) is 14.3 Å². The van der Waals surface area contributed by atoms with Crippen LogP contribution in [0.4, 0.5) is 10.2 Å². The van der Waals surface area contributed by atoms with Crippen LogP contribution < -0.4 is 10.6 Å². The molecule has 1 aromatic carbocycles. The number of nitrogens with zero attached hydrogens (tertiary/aromatic N) is 2. The van der Waals surface area contributed by atoms with Gasteiger partial charge in [0.15, 0.2) is 5.69 Å². The van der Waals surface area contributed by atoms with Crippen molar-refractivity contribution >= 4 is 17.6 Å². The normalized spacial score (nSPS) is 14.5. The highest BCUT2D eigenvalue weighted by Gasteiger charge is 2.24. The molecule has 1 fully saturated rings. The zero-order valence-corrected chi connectivity index (χ0v) is 14.1. The Morgan fingerprint density at radius 2 is 1.92 bits per heavy atom. The fourth-order valence-electron chi connectivity index (χ4n) is 2.99. The molecule has 0 radical (unpaired) electrons. The van der Waals surface area contributed by atoms with Crippen LogP contribution >= 0.6 is 0 Å². The van der Waals surface area contributed by atoms with Gasteiger partial charge in [0, 0.05) is 25.6 Å². The smallest absolute Gasteiger partial charge is 0.272 e. The monoisotopic (exact) mass is 344 g/mol. The van der Waals surface area contributed by atoms with E-state index in [1.807, 2.05) is 0 Å². The third-order valence-electron chi connectivity index (χ3n) is 4.46. The van der Waals surface area contributed by atoms with E-state index in [1.165, 1.54) is 16.8 Å². The van der Waals surface area contributed by atoms with Crippen LogP contribution in [-0.4, -0.2) is 21.6 Å². The molecule has 0 aliphatic heterocycles. The Balaban J connectivity index is 1.59. The Morgan fingerprint density at radius 1 is 1.24 bits per heavy atom. The molecule has 0 unspecified atom stereocenters. The molecule has 7 heteroatoms. The van der Waals surface area contributed by atoms with E-state index in [9.17, 15) is 14.0 Å². The predicted octanol–water partition coefficient (Wildman–Crippen LogP) is 2.62. The number of aromatic nitrogens is 2. The van der Waals surface area contributed by atoms with Crippen LogP contribution in [-0.2, 0) is 18.4 Å². The summed E-state index contributed by atoms with van der Waals surface area (Å²) in [5.74, 6) is -0.128. The molecule has 1 heterocycles. The van der Waals surface area contributed by atoms with E-state index >= 15 is 0 Å². The molecule has 0 spiro atoms. The molecule has 1 aliphatic rings. The summed E-state index contributed by atoms with van der Waals surface area (Å²) in [6.45, 7) is 0.277. The molecule has 1 aliphatic carbocycles. The third kappa shape index (κ3) is 4.23. The first kappa shape index (κ1) is 17.1. The third-order valence-corrected chi connectivity index (χ3v) is 4.46. The lowest BCUT2D eigenvalue weighted by Gasteiger charge is -2.09. The number of carbonyl (C=O) groups is 2. The fourth-order valence-corrected chi connectivity index (χ4v) is 2.99. The van der Waals surface area contributed by atoms with Crippen LogP contribution in [0.25, 0.3) is 0 Å². The van der Waals surface area contributed by atoms with E-state index in [0.717, 1.165) is 31.2 Å². The molecule has 1 saturated carbocycles. The first-order valence-corrected chi connectivity index (χ1v) is 8.40. The zero-order chi connectivity index (χ0) is 17.8. The molecule has 0 bridgehead atoms. The Hall–Kier alpha value is -2.70. The molecule has 0 atom stereocenters. The quantitative estimate of drug-likeness (QED) is 0.875. The van der Waals surface area contributed by atoms with Crippen LogP contribution in [0.5, 0.6) is 0 Å². The van der Waals surface area contributed by atoms with Crippen molar-refractivity contribution in [2.45, 2.75) is 32.2 Å². The minimum atomic E-state index is -0.346. The summed E-state index contributed by atoms with van der Waals surface area (Å²) in [6, 6.07) is 7.48. The molecule has 0 saturated heterocycles. The van der Waals surface area contributed by atoms with Crippen molar-refractivity contribution in [3.63, 3.8) is 0 Å². The summed E-state index contributed by atoms with van der Waals surface area (Å²) in [5, 5.41) is 9.73. The maximum Gasteiger partial charge on any atom is 0.272 e. The molecule has 1 aromatic heterocycles. The lowest BCUT2D eigenvalue weighted by atomic mass is 10.1. The van der Waals surface area contributed by atoms with Crippen molar-refractivity contribution in [1.29, 1.82) is 0 Å². The maximum absolute atomic E-state index is 12.9. The number of halogens is 1.